The van der Waals surface area contributed by atoms with E-state index in [1.54, 1.807) is 19.1 Å². The molecule has 1 aliphatic rings. The molecule has 0 N–H and O–H groups in total. The van der Waals surface area contributed by atoms with Gasteiger partial charge in [0.25, 0.3) is 5.91 Å². The first-order valence-corrected chi connectivity index (χ1v) is 10.1. The molecule has 7 nitrogen and oxygen atoms in total. The van der Waals surface area contributed by atoms with E-state index in [0.717, 1.165) is 43.4 Å². The molecular formula is C22H27N3O4. The lowest BCUT2D eigenvalue weighted by molar-refractivity contribution is -0.139. The number of fused-ring (bicyclic) bond motifs is 1. The average molecular weight is 397 g/mol. The molecule has 7 heteroatoms. The Labute approximate surface area is 170 Å². The first-order chi connectivity index (χ1) is 14.0. The van der Waals surface area contributed by atoms with Crippen molar-refractivity contribution in [1.29, 1.82) is 5.26 Å². The first kappa shape index (κ1) is 20.9. The predicted molar refractivity (Wildman–Crippen MR) is 110 cm³/mol. The van der Waals surface area contributed by atoms with Crippen molar-refractivity contribution < 1.29 is 13.9 Å². The lowest BCUT2D eigenvalue weighted by Crippen LogP contribution is -2.51. The van der Waals surface area contributed by atoms with E-state index >= 15 is 0 Å². The molecule has 0 radical (unpaired) electrons. The van der Waals surface area contributed by atoms with Gasteiger partial charge < -0.3 is 14.1 Å². The maximum absolute atomic E-state index is 12.8. The number of nitriles is 1. The van der Waals surface area contributed by atoms with Gasteiger partial charge in [-0.25, -0.2) is 4.79 Å². The van der Waals surface area contributed by atoms with Crippen LogP contribution in [0.3, 0.4) is 0 Å². The lowest BCUT2D eigenvalue weighted by atomic mass is 10.1. The summed E-state index contributed by atoms with van der Waals surface area (Å²) in [7, 11) is 0. The van der Waals surface area contributed by atoms with Gasteiger partial charge in [-0.1, -0.05) is 6.92 Å². The third-order valence-electron chi connectivity index (χ3n) is 5.29. The summed E-state index contributed by atoms with van der Waals surface area (Å²) in [6.45, 7) is 7.56. The molecule has 1 aromatic carbocycles. The van der Waals surface area contributed by atoms with E-state index in [-0.39, 0.29) is 11.5 Å². The minimum atomic E-state index is -0.626. The highest BCUT2D eigenvalue weighted by Crippen LogP contribution is 2.24. The molecule has 0 bridgehead atoms. The van der Waals surface area contributed by atoms with Gasteiger partial charge in [-0.15, -0.1) is 0 Å². The minimum absolute atomic E-state index is 0.0504. The van der Waals surface area contributed by atoms with E-state index < -0.39 is 6.10 Å². The molecule has 1 aromatic heterocycles. The Morgan fingerprint density at radius 3 is 2.72 bits per heavy atom. The standard InChI is InChI=1S/C22H27N3O4/c1-3-17-14-21(26)29-20-15-18(6-7-19(17)20)28-16(2)22(27)25-12-10-24(11-13-25)9-5-4-8-23/h6-7,14-16H,3-5,9-13H2,1-2H3. The maximum Gasteiger partial charge on any atom is 0.336 e. The molecule has 1 amide bonds. The topological polar surface area (TPSA) is 86.8 Å². The third kappa shape index (κ3) is 5.15. The molecule has 1 unspecified atom stereocenters. The minimum Gasteiger partial charge on any atom is -0.481 e. The smallest absolute Gasteiger partial charge is 0.336 e. The number of unbranched alkanes of at least 4 members (excludes halogenated alkanes) is 1. The summed E-state index contributed by atoms with van der Waals surface area (Å²) in [6.07, 6.45) is 1.54. The summed E-state index contributed by atoms with van der Waals surface area (Å²) in [6, 6.07) is 9.01. The zero-order valence-corrected chi connectivity index (χ0v) is 17.0. The van der Waals surface area contributed by atoms with Gasteiger partial charge in [-0.2, -0.15) is 5.26 Å². The number of nitrogens with zero attached hydrogens (tertiary/aromatic N) is 3. The van der Waals surface area contributed by atoms with Crippen LogP contribution in [0.5, 0.6) is 5.75 Å². The van der Waals surface area contributed by atoms with Crippen LogP contribution in [0.4, 0.5) is 0 Å². The quantitative estimate of drug-likeness (QED) is 0.527. The monoisotopic (exact) mass is 397 g/mol. The summed E-state index contributed by atoms with van der Waals surface area (Å²) >= 11 is 0. The fraction of sp³-hybridized carbons (Fsp3) is 0.500. The molecule has 2 aromatic rings. The van der Waals surface area contributed by atoms with Crippen LogP contribution in [-0.2, 0) is 11.2 Å². The van der Waals surface area contributed by atoms with Crippen molar-refractivity contribution >= 4 is 16.9 Å². The second-order valence-corrected chi connectivity index (χ2v) is 7.29. The Balaban J connectivity index is 1.60. The van der Waals surface area contributed by atoms with Crippen molar-refractivity contribution in [3.63, 3.8) is 0 Å². The molecule has 0 aliphatic carbocycles. The van der Waals surface area contributed by atoms with Crippen LogP contribution in [0, 0.1) is 11.3 Å². The summed E-state index contributed by atoms with van der Waals surface area (Å²) in [4.78, 5) is 28.6. The van der Waals surface area contributed by atoms with Crippen molar-refractivity contribution in [1.82, 2.24) is 9.80 Å². The van der Waals surface area contributed by atoms with Gasteiger partial charge in [-0.3, -0.25) is 9.69 Å². The number of aryl methyl sites for hydroxylation is 1. The van der Waals surface area contributed by atoms with E-state index in [0.29, 0.717) is 30.8 Å². The van der Waals surface area contributed by atoms with E-state index in [2.05, 4.69) is 11.0 Å². The van der Waals surface area contributed by atoms with Gasteiger partial charge in [0.15, 0.2) is 6.10 Å². The number of hydrogen-bond acceptors (Lipinski definition) is 6. The third-order valence-corrected chi connectivity index (χ3v) is 5.29. The first-order valence-electron chi connectivity index (χ1n) is 10.1. The van der Waals surface area contributed by atoms with Crippen LogP contribution in [0.1, 0.15) is 32.3 Å². The molecule has 154 valence electrons. The highest BCUT2D eigenvalue weighted by molar-refractivity contribution is 5.83. The Morgan fingerprint density at radius 1 is 1.28 bits per heavy atom. The van der Waals surface area contributed by atoms with Crippen LogP contribution >= 0.6 is 0 Å². The van der Waals surface area contributed by atoms with Crippen molar-refractivity contribution in [3.05, 3.63) is 40.2 Å². The van der Waals surface area contributed by atoms with E-state index in [1.807, 2.05) is 17.9 Å². The lowest BCUT2D eigenvalue weighted by Gasteiger charge is -2.35. The van der Waals surface area contributed by atoms with E-state index in [4.69, 9.17) is 14.4 Å². The molecule has 1 aliphatic heterocycles. The van der Waals surface area contributed by atoms with E-state index in [9.17, 15) is 9.59 Å². The van der Waals surface area contributed by atoms with Crippen LogP contribution in [0.15, 0.2) is 33.5 Å². The number of carbonyl (C=O) groups is 1. The summed E-state index contributed by atoms with van der Waals surface area (Å²) in [5.74, 6) is 0.454. The van der Waals surface area contributed by atoms with Gasteiger partial charge in [0.1, 0.15) is 11.3 Å². The van der Waals surface area contributed by atoms with Gasteiger partial charge in [0, 0.05) is 50.1 Å². The number of benzene rings is 1. The second-order valence-electron chi connectivity index (χ2n) is 7.29. The van der Waals surface area contributed by atoms with Crippen LogP contribution in [0.2, 0.25) is 0 Å². The Bertz CT molecular complexity index is 955. The van der Waals surface area contributed by atoms with Crippen molar-refractivity contribution in [2.24, 2.45) is 0 Å². The highest BCUT2D eigenvalue weighted by atomic mass is 16.5. The van der Waals surface area contributed by atoms with Crippen molar-refractivity contribution in [2.75, 3.05) is 32.7 Å². The number of rotatable bonds is 7. The number of hydrogen-bond donors (Lipinski definition) is 0. The maximum atomic E-state index is 12.8. The fourth-order valence-corrected chi connectivity index (χ4v) is 3.66. The van der Waals surface area contributed by atoms with Crippen molar-refractivity contribution in [2.45, 2.75) is 39.2 Å². The summed E-state index contributed by atoms with van der Waals surface area (Å²) in [5, 5.41) is 9.51. The highest BCUT2D eigenvalue weighted by Gasteiger charge is 2.26. The molecule has 1 fully saturated rings. The molecule has 3 rings (SSSR count). The van der Waals surface area contributed by atoms with Gasteiger partial charge in [0.2, 0.25) is 0 Å². The largest absolute Gasteiger partial charge is 0.481 e. The Kier molecular flexibility index (Phi) is 6.89. The molecule has 1 atom stereocenters. The van der Waals surface area contributed by atoms with Crippen LogP contribution in [-0.4, -0.2) is 54.5 Å². The summed E-state index contributed by atoms with van der Waals surface area (Å²) in [5.41, 5.74) is 1.01. The predicted octanol–water partition coefficient (Wildman–Crippen LogP) is 2.57. The van der Waals surface area contributed by atoms with Crippen molar-refractivity contribution in [3.8, 4) is 11.8 Å². The SMILES string of the molecule is CCc1cc(=O)oc2cc(OC(C)C(=O)N3CCN(CCCC#N)CC3)ccc12. The van der Waals surface area contributed by atoms with E-state index in [1.165, 1.54) is 6.07 Å². The molecule has 1 saturated heterocycles. The van der Waals surface area contributed by atoms with Crippen LogP contribution in [0.25, 0.3) is 11.0 Å². The van der Waals surface area contributed by atoms with Gasteiger partial charge in [-0.05, 0) is 44.0 Å². The zero-order chi connectivity index (χ0) is 20.8. The van der Waals surface area contributed by atoms with Gasteiger partial charge in [0.05, 0.1) is 6.07 Å². The average Bonchev–Trinajstić information content (AvgIpc) is 2.73. The summed E-state index contributed by atoms with van der Waals surface area (Å²) < 4.78 is 11.2. The fourth-order valence-electron chi connectivity index (χ4n) is 3.66. The van der Waals surface area contributed by atoms with Gasteiger partial charge >= 0.3 is 5.63 Å². The number of amides is 1. The zero-order valence-electron chi connectivity index (χ0n) is 17.0. The Hall–Kier alpha value is -2.85. The molecule has 2 heterocycles. The Morgan fingerprint density at radius 2 is 2.03 bits per heavy atom. The molecule has 0 spiro atoms. The number of ether oxygens (including phenoxy) is 1. The number of piperazine rings is 1. The normalized spacial score (nSPS) is 15.8. The second kappa shape index (κ2) is 9.57. The number of carbonyl (C=O) groups excluding carboxylic acids is 1. The molecular weight excluding hydrogens is 370 g/mol. The van der Waals surface area contributed by atoms with Crippen LogP contribution < -0.4 is 10.4 Å². The molecule has 29 heavy (non-hydrogen) atoms. The molecule has 0 saturated carbocycles.